The molecule has 0 atom stereocenters. The van der Waals surface area contributed by atoms with Gasteiger partial charge < -0.3 is 9.47 Å². The maximum atomic E-state index is 6.09. The summed E-state index contributed by atoms with van der Waals surface area (Å²) in [4.78, 5) is 0. The minimum absolute atomic E-state index is 0.312. The Kier molecular flexibility index (Phi) is 2.85. The fraction of sp³-hybridized carbons (Fsp3) is 0.263. The van der Waals surface area contributed by atoms with E-state index in [1.54, 1.807) is 7.11 Å². The number of terminal acetylenes is 2. The lowest BCUT2D eigenvalue weighted by atomic mass is 9.84. The predicted octanol–water partition coefficient (Wildman–Crippen LogP) is 3.52. The molecule has 0 unspecified atom stereocenters. The van der Waals surface area contributed by atoms with Gasteiger partial charge in [-0.2, -0.15) is 0 Å². The van der Waals surface area contributed by atoms with E-state index >= 15 is 0 Å². The Morgan fingerprint density at radius 2 is 1.90 bits per heavy atom. The summed E-state index contributed by atoms with van der Waals surface area (Å²) < 4.78 is 11.6. The van der Waals surface area contributed by atoms with Crippen LogP contribution in [-0.4, -0.2) is 12.7 Å². The minimum Gasteiger partial charge on any atom is -0.495 e. The van der Waals surface area contributed by atoms with Crippen molar-refractivity contribution in [2.45, 2.75) is 25.9 Å². The Bertz CT molecular complexity index is 829. The minimum atomic E-state index is -0.312. The molecule has 0 bridgehead atoms. The first-order chi connectivity index (χ1) is 10.0. The van der Waals surface area contributed by atoms with Crippen LogP contribution in [0.15, 0.2) is 18.2 Å². The van der Waals surface area contributed by atoms with Gasteiger partial charge in [0, 0.05) is 22.8 Å². The van der Waals surface area contributed by atoms with Crippen LogP contribution in [0.3, 0.4) is 0 Å². The molecule has 21 heavy (non-hydrogen) atoms. The smallest absolute Gasteiger partial charge is 0.143 e. The van der Waals surface area contributed by atoms with Gasteiger partial charge in [-0.1, -0.05) is 24.0 Å². The second kappa shape index (κ2) is 4.47. The van der Waals surface area contributed by atoms with E-state index in [4.69, 9.17) is 22.3 Å². The van der Waals surface area contributed by atoms with Crippen molar-refractivity contribution in [3.05, 3.63) is 34.9 Å². The quantitative estimate of drug-likeness (QED) is 0.742. The molecule has 3 rings (SSSR count). The monoisotopic (exact) mass is 276 g/mol. The third-order valence-electron chi connectivity index (χ3n) is 3.83. The molecule has 0 aliphatic carbocycles. The molecule has 0 radical (unpaired) electrons. The first kappa shape index (κ1) is 13.4. The number of benzene rings is 2. The van der Waals surface area contributed by atoms with Crippen LogP contribution in [0.25, 0.3) is 10.8 Å². The van der Waals surface area contributed by atoms with Crippen LogP contribution in [-0.2, 0) is 6.42 Å². The van der Waals surface area contributed by atoms with E-state index in [1.165, 1.54) is 0 Å². The lowest BCUT2D eigenvalue weighted by Gasteiger charge is -2.34. The normalized spacial score (nSPS) is 14.9. The summed E-state index contributed by atoms with van der Waals surface area (Å²) in [6.07, 6.45) is 12.1. The van der Waals surface area contributed by atoms with Gasteiger partial charge in [-0.05, 0) is 25.5 Å². The molecule has 2 nitrogen and oxygen atoms in total. The summed E-state index contributed by atoms with van der Waals surface area (Å²) in [6, 6.07) is 5.90. The summed E-state index contributed by atoms with van der Waals surface area (Å²) in [5.41, 5.74) is 2.16. The van der Waals surface area contributed by atoms with Gasteiger partial charge in [0.1, 0.15) is 17.1 Å². The maximum Gasteiger partial charge on any atom is 0.143 e. The van der Waals surface area contributed by atoms with Gasteiger partial charge in [-0.25, -0.2) is 0 Å². The van der Waals surface area contributed by atoms with E-state index in [0.29, 0.717) is 11.3 Å². The Balaban J connectivity index is 2.55. The number of hydrogen-bond donors (Lipinski definition) is 0. The van der Waals surface area contributed by atoms with Crippen molar-refractivity contribution in [2.75, 3.05) is 7.11 Å². The molecular weight excluding hydrogens is 260 g/mol. The highest BCUT2D eigenvalue weighted by molar-refractivity contribution is 6.00. The van der Waals surface area contributed by atoms with Crippen molar-refractivity contribution in [1.82, 2.24) is 0 Å². The van der Waals surface area contributed by atoms with E-state index in [9.17, 15) is 0 Å². The predicted molar refractivity (Wildman–Crippen MR) is 84.8 cm³/mol. The first-order valence-electron chi connectivity index (χ1n) is 6.80. The Morgan fingerprint density at radius 1 is 1.19 bits per heavy atom. The molecule has 0 saturated carbocycles. The topological polar surface area (TPSA) is 18.5 Å². The molecule has 1 heterocycles. The summed E-state index contributed by atoms with van der Waals surface area (Å²) >= 11 is 0. The van der Waals surface area contributed by atoms with Gasteiger partial charge >= 0.3 is 0 Å². The molecule has 0 N–H and O–H groups in total. The molecule has 1 aliphatic heterocycles. The highest BCUT2D eigenvalue weighted by atomic mass is 16.5. The van der Waals surface area contributed by atoms with E-state index in [-0.39, 0.29) is 5.60 Å². The van der Waals surface area contributed by atoms with Crippen molar-refractivity contribution in [3.8, 4) is 36.2 Å². The highest BCUT2D eigenvalue weighted by Crippen LogP contribution is 2.45. The molecule has 2 heteroatoms. The highest BCUT2D eigenvalue weighted by Gasteiger charge is 2.32. The third-order valence-corrected chi connectivity index (χ3v) is 3.83. The van der Waals surface area contributed by atoms with Crippen LogP contribution >= 0.6 is 0 Å². The zero-order valence-electron chi connectivity index (χ0n) is 12.4. The molecule has 0 amide bonds. The van der Waals surface area contributed by atoms with Crippen molar-refractivity contribution < 1.29 is 9.47 Å². The van der Waals surface area contributed by atoms with Crippen molar-refractivity contribution in [2.24, 2.45) is 0 Å². The standard InChI is InChI=1S/C19H16O2/c1-6-12-13(7-2)18(20-5)14-9-8-10-16-17(14)15(12)11-19(3,4)21-16/h1-2,8-10H,11H2,3-5H3. The second-order valence-electron chi connectivity index (χ2n) is 5.77. The van der Waals surface area contributed by atoms with Crippen molar-refractivity contribution >= 4 is 10.8 Å². The summed E-state index contributed by atoms with van der Waals surface area (Å²) in [5, 5.41) is 1.97. The number of methoxy groups -OCH3 is 1. The van der Waals surface area contributed by atoms with E-state index in [0.717, 1.165) is 34.1 Å². The molecule has 2 aromatic carbocycles. The summed E-state index contributed by atoms with van der Waals surface area (Å²) in [6.45, 7) is 4.10. The second-order valence-corrected chi connectivity index (χ2v) is 5.77. The number of rotatable bonds is 1. The van der Waals surface area contributed by atoms with Crippen LogP contribution in [0.4, 0.5) is 0 Å². The molecule has 0 aromatic heterocycles. The SMILES string of the molecule is C#Cc1c(C#C)c2c3c(cccc3c1OC)OC(C)(C)C2. The van der Waals surface area contributed by atoms with Crippen LogP contribution in [0, 0.1) is 24.7 Å². The molecule has 2 aromatic rings. The fourth-order valence-electron chi connectivity index (χ4n) is 3.09. The van der Waals surface area contributed by atoms with Gasteiger partial charge in [0.2, 0.25) is 0 Å². The maximum absolute atomic E-state index is 6.09. The Labute approximate surface area is 125 Å². The molecule has 0 spiro atoms. The van der Waals surface area contributed by atoms with Crippen LogP contribution in [0.2, 0.25) is 0 Å². The average molecular weight is 276 g/mol. The molecule has 104 valence electrons. The van der Waals surface area contributed by atoms with Crippen molar-refractivity contribution in [3.63, 3.8) is 0 Å². The van der Waals surface area contributed by atoms with Gasteiger partial charge in [0.25, 0.3) is 0 Å². The molecule has 0 saturated heterocycles. The number of ether oxygens (including phenoxy) is 2. The Morgan fingerprint density at radius 3 is 2.52 bits per heavy atom. The Hall–Kier alpha value is -2.58. The zero-order valence-corrected chi connectivity index (χ0v) is 12.4. The molecular formula is C19H16O2. The number of hydrogen-bond acceptors (Lipinski definition) is 2. The van der Waals surface area contributed by atoms with Crippen LogP contribution in [0.5, 0.6) is 11.5 Å². The van der Waals surface area contributed by atoms with Crippen molar-refractivity contribution in [1.29, 1.82) is 0 Å². The van der Waals surface area contributed by atoms with Crippen LogP contribution < -0.4 is 9.47 Å². The molecule has 1 aliphatic rings. The van der Waals surface area contributed by atoms with Gasteiger partial charge in [0.15, 0.2) is 0 Å². The summed E-state index contributed by atoms with van der Waals surface area (Å²) in [7, 11) is 1.61. The zero-order chi connectivity index (χ0) is 15.2. The first-order valence-corrected chi connectivity index (χ1v) is 6.80. The third kappa shape index (κ3) is 1.84. The van der Waals surface area contributed by atoms with E-state index < -0.39 is 0 Å². The largest absolute Gasteiger partial charge is 0.495 e. The lowest BCUT2D eigenvalue weighted by molar-refractivity contribution is 0.106. The summed E-state index contributed by atoms with van der Waals surface area (Å²) in [5.74, 6) is 6.93. The van der Waals surface area contributed by atoms with Gasteiger partial charge in [-0.3, -0.25) is 0 Å². The molecule has 0 fully saturated rings. The van der Waals surface area contributed by atoms with Crippen LogP contribution in [0.1, 0.15) is 30.5 Å². The van der Waals surface area contributed by atoms with Gasteiger partial charge in [-0.15, -0.1) is 12.8 Å². The van der Waals surface area contributed by atoms with E-state index in [1.807, 2.05) is 18.2 Å². The fourth-order valence-corrected chi connectivity index (χ4v) is 3.09. The lowest BCUT2D eigenvalue weighted by Crippen LogP contribution is -2.34. The van der Waals surface area contributed by atoms with E-state index in [2.05, 4.69) is 25.7 Å². The van der Waals surface area contributed by atoms with Gasteiger partial charge in [0.05, 0.1) is 12.7 Å². The average Bonchev–Trinajstić information content (AvgIpc) is 2.45.